The summed E-state index contributed by atoms with van der Waals surface area (Å²) in [4.78, 5) is 71.3. The summed E-state index contributed by atoms with van der Waals surface area (Å²) in [6, 6.07) is 33.9. The topological polar surface area (TPSA) is 227 Å². The lowest BCUT2D eigenvalue weighted by molar-refractivity contribution is -0.117. The molecule has 4 aliphatic rings. The maximum Gasteiger partial charge on any atom is 0.259 e. The number of Topliss-reactive ketones (excluding diaryl/α,β-unsaturated/α-hetero) is 1. The maximum absolute atomic E-state index is 13.1. The predicted molar refractivity (Wildman–Crippen MR) is 261 cm³/mol. The molecule has 2 fully saturated rings. The number of aromatic amines is 2. The van der Waals surface area contributed by atoms with Gasteiger partial charge in [-0.3, -0.25) is 34.6 Å². The van der Waals surface area contributed by atoms with Gasteiger partial charge in [-0.25, -0.2) is 0 Å². The number of carbonyl (C=O) groups is 5. The van der Waals surface area contributed by atoms with E-state index in [9.17, 15) is 29.2 Å². The number of nitrogens with zero attached hydrogens (tertiary/aromatic N) is 3. The van der Waals surface area contributed by atoms with Gasteiger partial charge in [0.1, 0.15) is 11.3 Å². The van der Waals surface area contributed by atoms with Crippen LogP contribution < -0.4 is 22.1 Å². The van der Waals surface area contributed by atoms with Crippen LogP contribution in [0.1, 0.15) is 99.5 Å². The highest BCUT2D eigenvalue weighted by Gasteiger charge is 2.41. The molecular weight excluding hydrogens is 843 g/mol. The zero-order valence-corrected chi connectivity index (χ0v) is 35.7. The zero-order chi connectivity index (χ0) is 45.3. The van der Waals surface area contributed by atoms with Crippen LogP contribution in [-0.2, 0) is 4.79 Å². The molecular formula is C53H45N9O5. The summed E-state index contributed by atoms with van der Waals surface area (Å²) in [5, 5.41) is 21.4. The van der Waals surface area contributed by atoms with Crippen LogP contribution in [0.2, 0.25) is 0 Å². The van der Waals surface area contributed by atoms with Crippen LogP contribution in [0.15, 0.2) is 97.1 Å². The van der Waals surface area contributed by atoms with Crippen molar-refractivity contribution in [3.8, 4) is 6.07 Å². The van der Waals surface area contributed by atoms with Crippen LogP contribution >= 0.6 is 0 Å². The Morgan fingerprint density at radius 2 is 1.00 bits per heavy atom. The van der Waals surface area contributed by atoms with E-state index in [0.29, 0.717) is 47.9 Å². The molecule has 8 N–H and O–H groups in total. The van der Waals surface area contributed by atoms with E-state index >= 15 is 0 Å². The number of amides is 4. The Hall–Kier alpha value is -8.12. The molecule has 332 valence electrons. The largest absolute Gasteiger partial charge is 0.353 e. The first kappa shape index (κ1) is 41.6. The highest BCUT2D eigenvalue weighted by Crippen LogP contribution is 2.49. The zero-order valence-electron chi connectivity index (χ0n) is 35.7. The standard InChI is InChI=1S/C26H19N5O2.C25H17N3O3.CH5N.CH4/c27-12-26(28)10-9-13(11-26)31-17-8-4-2-6-15(17)19-21-20(24(32)30-25(21)33)18-14-5-1-3-7-16(14)29-22(18)23(19)31;29-13-10-9-12(11-13)28-17-8-4-2-6-15(17)19-21-20(24(30)27-25(21)31)18-14-5-1-3-7-16(14)26-22(18)23(19)28;1-2;/h1-8,13,29H,9-11,28H2,(H,30,32,33);1-8,12,26H,9-11H2,(H,27,30,31);2H2,1H3;1H4/t13?,26-;;;/m1.../s1. The number of para-hydroxylation sites is 4. The fourth-order valence-electron chi connectivity index (χ4n) is 11.7. The Balaban J connectivity index is 0.000000141. The van der Waals surface area contributed by atoms with E-state index in [-0.39, 0.29) is 48.9 Å². The summed E-state index contributed by atoms with van der Waals surface area (Å²) in [6.45, 7) is 0. The van der Waals surface area contributed by atoms with Gasteiger partial charge in [0.05, 0.1) is 50.4 Å². The number of aromatic nitrogens is 4. The van der Waals surface area contributed by atoms with Crippen LogP contribution in [0.4, 0.5) is 0 Å². The predicted octanol–water partition coefficient (Wildman–Crippen LogP) is 9.08. The lowest BCUT2D eigenvalue weighted by atomic mass is 9.96. The van der Waals surface area contributed by atoms with E-state index in [1.165, 1.54) is 7.05 Å². The van der Waals surface area contributed by atoms with Crippen LogP contribution in [0.5, 0.6) is 0 Å². The molecule has 67 heavy (non-hydrogen) atoms. The number of imide groups is 2. The quantitative estimate of drug-likeness (QED) is 0.0916. The minimum atomic E-state index is -0.869. The van der Waals surface area contributed by atoms with Crippen molar-refractivity contribution < 1.29 is 24.0 Å². The third-order valence-corrected chi connectivity index (χ3v) is 14.3. The number of H-pyrrole nitrogens is 2. The second-order valence-electron chi connectivity index (χ2n) is 17.7. The first-order valence-corrected chi connectivity index (χ1v) is 22.1. The molecule has 6 aromatic carbocycles. The van der Waals surface area contributed by atoms with Crippen LogP contribution in [-0.4, -0.2) is 61.1 Å². The minimum absolute atomic E-state index is 0. The maximum atomic E-state index is 13.1. The molecule has 4 amide bonds. The first-order chi connectivity index (χ1) is 32.1. The smallest absolute Gasteiger partial charge is 0.259 e. The van der Waals surface area contributed by atoms with Gasteiger partial charge < -0.3 is 30.6 Å². The molecule has 6 heterocycles. The molecule has 2 aliphatic heterocycles. The molecule has 2 saturated carbocycles. The molecule has 4 aromatic heterocycles. The molecule has 14 heteroatoms. The second kappa shape index (κ2) is 15.0. The Morgan fingerprint density at radius 3 is 1.43 bits per heavy atom. The van der Waals surface area contributed by atoms with E-state index in [4.69, 9.17) is 5.73 Å². The van der Waals surface area contributed by atoms with E-state index in [1.54, 1.807) is 0 Å². The van der Waals surface area contributed by atoms with Crippen molar-refractivity contribution in [1.29, 1.82) is 5.26 Å². The van der Waals surface area contributed by atoms with Gasteiger partial charge >= 0.3 is 0 Å². The molecule has 2 unspecified atom stereocenters. The van der Waals surface area contributed by atoms with Gasteiger partial charge in [-0.15, -0.1) is 0 Å². The molecule has 0 saturated heterocycles. The number of hydrogen-bond donors (Lipinski definition) is 6. The Bertz CT molecular complexity index is 3920. The molecule has 3 atom stereocenters. The lowest BCUT2D eigenvalue weighted by Crippen LogP contribution is -2.34. The van der Waals surface area contributed by atoms with E-state index in [1.807, 2.05) is 97.1 Å². The van der Waals surface area contributed by atoms with Crippen molar-refractivity contribution in [2.24, 2.45) is 11.5 Å². The Kier molecular flexibility index (Phi) is 9.28. The number of rotatable bonds is 2. The molecule has 0 radical (unpaired) electrons. The number of carbonyl (C=O) groups excluding carboxylic acids is 5. The number of nitrogens with one attached hydrogen (secondary N) is 4. The van der Waals surface area contributed by atoms with Gasteiger partial charge in [-0.1, -0.05) is 80.2 Å². The normalized spacial score (nSPS) is 19.8. The number of nitriles is 1. The molecule has 14 nitrogen and oxygen atoms in total. The summed E-state index contributed by atoms with van der Waals surface area (Å²) >= 11 is 0. The van der Waals surface area contributed by atoms with Gasteiger partial charge in [-0.05, 0) is 57.0 Å². The summed E-state index contributed by atoms with van der Waals surface area (Å²) in [5.74, 6) is -1.19. The SMILES string of the molecule is C.CN.N#C[C@@]1(N)CCC(n2c3ccccc3c3c4c(c5c6ccccc6[nH]c5c32)C(=O)NC4=O)C1.O=C1CCC(n2c3ccccc3c3c4c(c5c6ccccc6[nH]c5c32)C(=O)NC4=O)C1. The molecule has 14 rings (SSSR count). The van der Waals surface area contributed by atoms with Crippen LogP contribution in [0, 0.1) is 11.3 Å². The van der Waals surface area contributed by atoms with Gasteiger partial charge in [0, 0.05) is 90.1 Å². The highest BCUT2D eigenvalue weighted by atomic mass is 16.2. The van der Waals surface area contributed by atoms with Crippen molar-refractivity contribution in [2.45, 2.75) is 63.6 Å². The van der Waals surface area contributed by atoms with Crippen LogP contribution in [0.25, 0.3) is 87.2 Å². The fourth-order valence-corrected chi connectivity index (χ4v) is 11.7. The summed E-state index contributed by atoms with van der Waals surface area (Å²) in [7, 11) is 1.50. The third-order valence-electron chi connectivity index (χ3n) is 14.3. The van der Waals surface area contributed by atoms with Crippen LogP contribution in [0.3, 0.4) is 0 Å². The highest BCUT2D eigenvalue weighted by molar-refractivity contribution is 6.41. The van der Waals surface area contributed by atoms with Gasteiger partial charge in [0.15, 0.2) is 0 Å². The number of fused-ring (bicyclic) bond motifs is 20. The second-order valence-corrected chi connectivity index (χ2v) is 17.7. The van der Waals surface area contributed by atoms with E-state index < -0.39 is 5.54 Å². The number of benzene rings is 6. The average Bonchev–Trinajstić information content (AvgIpc) is 4.22. The molecule has 10 aromatic rings. The first-order valence-electron chi connectivity index (χ1n) is 22.1. The average molecular weight is 888 g/mol. The summed E-state index contributed by atoms with van der Waals surface area (Å²) in [5.41, 5.74) is 19.0. The van der Waals surface area contributed by atoms with Crippen molar-refractivity contribution in [1.82, 2.24) is 29.7 Å². The van der Waals surface area contributed by atoms with Crippen molar-refractivity contribution >= 4 is 117 Å². The van der Waals surface area contributed by atoms with Crippen molar-refractivity contribution in [3.63, 3.8) is 0 Å². The van der Waals surface area contributed by atoms with Crippen molar-refractivity contribution in [3.05, 3.63) is 119 Å². The third kappa shape index (κ3) is 5.65. The van der Waals surface area contributed by atoms with Gasteiger partial charge in [0.2, 0.25) is 0 Å². The van der Waals surface area contributed by atoms with Gasteiger partial charge in [-0.2, -0.15) is 5.26 Å². The van der Waals surface area contributed by atoms with Crippen molar-refractivity contribution in [2.75, 3.05) is 7.05 Å². The van der Waals surface area contributed by atoms with E-state index in [0.717, 1.165) is 100 Å². The van der Waals surface area contributed by atoms with Gasteiger partial charge in [0.25, 0.3) is 23.6 Å². The number of hydrogen-bond acceptors (Lipinski definition) is 8. The molecule has 2 aliphatic carbocycles. The summed E-state index contributed by atoms with van der Waals surface area (Å²) < 4.78 is 4.47. The minimum Gasteiger partial charge on any atom is -0.353 e. The van der Waals surface area contributed by atoms with E-state index in [2.05, 4.69) is 41.5 Å². The monoisotopic (exact) mass is 887 g/mol. The number of ketones is 1. The Morgan fingerprint density at radius 1 is 0.582 bits per heavy atom. The fraction of sp³-hybridized carbons (Fsp3) is 0.208. The molecule has 0 bridgehead atoms. The molecule has 0 spiro atoms. The lowest BCUT2D eigenvalue weighted by Gasteiger charge is -2.18. The summed E-state index contributed by atoms with van der Waals surface area (Å²) in [6.07, 6.45) is 3.73. The number of nitrogens with two attached hydrogens (primary N) is 2. The Labute approximate surface area is 381 Å².